The third-order valence-electron chi connectivity index (χ3n) is 2.99. The van der Waals surface area contributed by atoms with Gasteiger partial charge in [-0.15, -0.1) is 0 Å². The van der Waals surface area contributed by atoms with E-state index >= 15 is 0 Å². The maximum Gasteiger partial charge on any atom is 0.232 e. The van der Waals surface area contributed by atoms with Gasteiger partial charge in [-0.25, -0.2) is 8.42 Å². The van der Waals surface area contributed by atoms with Crippen molar-refractivity contribution in [3.05, 3.63) is 29.8 Å². The van der Waals surface area contributed by atoms with E-state index in [4.69, 9.17) is 0 Å². The minimum atomic E-state index is -3.23. The lowest BCUT2D eigenvalue weighted by Gasteiger charge is -2.19. The Labute approximate surface area is 117 Å². The first-order valence-corrected chi connectivity index (χ1v) is 8.36. The van der Waals surface area contributed by atoms with E-state index in [0.717, 1.165) is 0 Å². The Morgan fingerprint density at radius 1 is 1.11 bits per heavy atom. The molecule has 0 aliphatic heterocycles. The molecule has 0 saturated carbocycles. The summed E-state index contributed by atoms with van der Waals surface area (Å²) in [6.07, 6.45) is 0.676. The van der Waals surface area contributed by atoms with Crippen LogP contribution in [0.2, 0.25) is 0 Å². The molecule has 1 aromatic rings. The quantitative estimate of drug-likeness (QED) is 0.894. The molecule has 0 aliphatic carbocycles. The SMILES string of the molecule is CC(C)CCS(=O)(=O)Nc1ccc(C(C)(C)C)cc1. The second-order valence-electron chi connectivity index (χ2n) is 6.43. The number of hydrogen-bond acceptors (Lipinski definition) is 2. The van der Waals surface area contributed by atoms with Gasteiger partial charge in [0.2, 0.25) is 10.0 Å². The van der Waals surface area contributed by atoms with E-state index in [0.29, 0.717) is 18.0 Å². The summed E-state index contributed by atoms with van der Waals surface area (Å²) in [5.41, 5.74) is 1.91. The van der Waals surface area contributed by atoms with Crippen molar-refractivity contribution < 1.29 is 8.42 Å². The monoisotopic (exact) mass is 283 g/mol. The van der Waals surface area contributed by atoms with Gasteiger partial charge in [-0.2, -0.15) is 0 Å². The zero-order valence-electron chi connectivity index (χ0n) is 12.5. The molecule has 0 fully saturated rings. The Balaban J connectivity index is 2.73. The molecule has 108 valence electrons. The first-order chi connectivity index (χ1) is 8.60. The molecule has 1 rings (SSSR count). The molecule has 0 amide bonds. The second kappa shape index (κ2) is 5.95. The first-order valence-electron chi connectivity index (χ1n) is 6.71. The average Bonchev–Trinajstić information content (AvgIpc) is 2.25. The number of sulfonamides is 1. The van der Waals surface area contributed by atoms with E-state index in [2.05, 4.69) is 25.5 Å². The predicted octanol–water partition coefficient (Wildman–Crippen LogP) is 3.77. The summed E-state index contributed by atoms with van der Waals surface area (Å²) < 4.78 is 26.4. The molecular weight excluding hydrogens is 258 g/mol. The van der Waals surface area contributed by atoms with Gasteiger partial charge in [0.25, 0.3) is 0 Å². The molecule has 0 spiro atoms. The maximum absolute atomic E-state index is 11.9. The Kier molecular flexibility index (Phi) is 5.02. The molecule has 4 heteroatoms. The van der Waals surface area contributed by atoms with E-state index in [1.165, 1.54) is 5.56 Å². The molecule has 0 saturated heterocycles. The maximum atomic E-state index is 11.9. The van der Waals surface area contributed by atoms with Crippen molar-refractivity contribution >= 4 is 15.7 Å². The minimum absolute atomic E-state index is 0.0784. The van der Waals surface area contributed by atoms with Crippen LogP contribution >= 0.6 is 0 Å². The normalized spacial score (nSPS) is 12.7. The molecule has 0 atom stereocenters. The van der Waals surface area contributed by atoms with Crippen LogP contribution in [-0.4, -0.2) is 14.2 Å². The zero-order valence-corrected chi connectivity index (χ0v) is 13.3. The number of nitrogens with one attached hydrogen (secondary N) is 1. The van der Waals surface area contributed by atoms with Crippen LogP contribution in [0.15, 0.2) is 24.3 Å². The van der Waals surface area contributed by atoms with E-state index in [1.54, 1.807) is 0 Å². The summed E-state index contributed by atoms with van der Waals surface area (Å²) in [4.78, 5) is 0. The van der Waals surface area contributed by atoms with Gasteiger partial charge < -0.3 is 0 Å². The third kappa shape index (κ3) is 5.64. The highest BCUT2D eigenvalue weighted by Crippen LogP contribution is 2.23. The zero-order chi connectivity index (χ0) is 14.7. The summed E-state index contributed by atoms with van der Waals surface area (Å²) in [6.45, 7) is 10.4. The molecule has 19 heavy (non-hydrogen) atoms. The van der Waals surface area contributed by atoms with Crippen LogP contribution in [0.4, 0.5) is 5.69 Å². The van der Waals surface area contributed by atoms with E-state index < -0.39 is 10.0 Å². The lowest BCUT2D eigenvalue weighted by Crippen LogP contribution is -2.18. The fourth-order valence-electron chi connectivity index (χ4n) is 1.66. The van der Waals surface area contributed by atoms with Gasteiger partial charge in [-0.1, -0.05) is 46.8 Å². The van der Waals surface area contributed by atoms with Gasteiger partial charge in [-0.3, -0.25) is 4.72 Å². The Hall–Kier alpha value is -1.03. The van der Waals surface area contributed by atoms with Crippen molar-refractivity contribution in [2.24, 2.45) is 5.92 Å². The van der Waals surface area contributed by atoms with E-state index in [9.17, 15) is 8.42 Å². The van der Waals surface area contributed by atoms with Gasteiger partial charge in [0.1, 0.15) is 0 Å². The average molecular weight is 283 g/mol. The third-order valence-corrected chi connectivity index (χ3v) is 4.31. The molecule has 3 nitrogen and oxygen atoms in total. The fraction of sp³-hybridized carbons (Fsp3) is 0.600. The molecule has 0 aromatic heterocycles. The summed E-state index contributed by atoms with van der Waals surface area (Å²) in [5.74, 6) is 0.561. The van der Waals surface area contributed by atoms with Crippen molar-refractivity contribution in [2.75, 3.05) is 10.5 Å². The van der Waals surface area contributed by atoms with Crippen LogP contribution in [0.5, 0.6) is 0 Å². The molecule has 0 radical (unpaired) electrons. The largest absolute Gasteiger partial charge is 0.284 e. The highest BCUT2D eigenvalue weighted by atomic mass is 32.2. The van der Waals surface area contributed by atoms with E-state index in [1.807, 2.05) is 38.1 Å². The standard InChI is InChI=1S/C15H25NO2S/c1-12(2)10-11-19(17,18)16-14-8-6-13(7-9-14)15(3,4)5/h6-9,12,16H,10-11H2,1-5H3. The van der Waals surface area contributed by atoms with Gasteiger partial charge in [0.05, 0.1) is 5.75 Å². The van der Waals surface area contributed by atoms with Crippen LogP contribution in [0.25, 0.3) is 0 Å². The van der Waals surface area contributed by atoms with Crippen LogP contribution in [-0.2, 0) is 15.4 Å². The topological polar surface area (TPSA) is 46.2 Å². The van der Waals surface area contributed by atoms with Gasteiger partial charge in [0, 0.05) is 5.69 Å². The van der Waals surface area contributed by atoms with Crippen molar-refractivity contribution in [3.63, 3.8) is 0 Å². The predicted molar refractivity (Wildman–Crippen MR) is 82.0 cm³/mol. The number of rotatable bonds is 5. The summed E-state index contributed by atoms with van der Waals surface area (Å²) in [7, 11) is -3.23. The molecule has 0 aliphatic rings. The smallest absolute Gasteiger partial charge is 0.232 e. The van der Waals surface area contributed by atoms with Crippen LogP contribution in [0, 0.1) is 5.92 Å². The molecule has 0 bridgehead atoms. The number of hydrogen-bond donors (Lipinski definition) is 1. The summed E-state index contributed by atoms with van der Waals surface area (Å²) in [6, 6.07) is 7.60. The lowest BCUT2D eigenvalue weighted by molar-refractivity contribution is 0.578. The highest BCUT2D eigenvalue weighted by Gasteiger charge is 2.14. The van der Waals surface area contributed by atoms with Gasteiger partial charge >= 0.3 is 0 Å². The van der Waals surface area contributed by atoms with Gasteiger partial charge in [-0.05, 0) is 35.4 Å². The second-order valence-corrected chi connectivity index (χ2v) is 8.27. The molecule has 0 unspecified atom stereocenters. The van der Waals surface area contributed by atoms with Crippen molar-refractivity contribution in [3.8, 4) is 0 Å². The molecule has 1 aromatic carbocycles. The highest BCUT2D eigenvalue weighted by molar-refractivity contribution is 7.92. The number of benzene rings is 1. The Morgan fingerprint density at radius 3 is 2.05 bits per heavy atom. The first kappa shape index (κ1) is 16.0. The van der Waals surface area contributed by atoms with Gasteiger partial charge in [0.15, 0.2) is 0 Å². The molecule has 0 heterocycles. The van der Waals surface area contributed by atoms with Crippen molar-refractivity contribution in [2.45, 2.75) is 46.5 Å². The minimum Gasteiger partial charge on any atom is -0.284 e. The Morgan fingerprint density at radius 2 is 1.63 bits per heavy atom. The van der Waals surface area contributed by atoms with Crippen molar-refractivity contribution in [1.82, 2.24) is 0 Å². The fourth-order valence-corrected chi connectivity index (χ4v) is 3.04. The van der Waals surface area contributed by atoms with Crippen molar-refractivity contribution in [1.29, 1.82) is 0 Å². The summed E-state index contributed by atoms with van der Waals surface area (Å²) >= 11 is 0. The van der Waals surface area contributed by atoms with Crippen LogP contribution < -0.4 is 4.72 Å². The van der Waals surface area contributed by atoms with Crippen LogP contribution in [0.3, 0.4) is 0 Å². The number of anilines is 1. The van der Waals surface area contributed by atoms with E-state index in [-0.39, 0.29) is 11.2 Å². The molecular formula is C15H25NO2S. The lowest BCUT2D eigenvalue weighted by atomic mass is 9.87. The van der Waals surface area contributed by atoms with Crippen LogP contribution in [0.1, 0.15) is 46.6 Å². The summed E-state index contributed by atoms with van der Waals surface area (Å²) in [5, 5.41) is 0. The molecule has 1 N–H and O–H groups in total. The Bertz CT molecular complexity index is 496.